The first-order valence-electron chi connectivity index (χ1n) is 6.01. The molecule has 0 saturated heterocycles. The lowest BCUT2D eigenvalue weighted by Gasteiger charge is -2.21. The average Bonchev–Trinajstić information content (AvgIpc) is 2.36. The maximum absolute atomic E-state index is 11.9. The largest absolute Gasteiger partial charge is 0.352 e. The summed E-state index contributed by atoms with van der Waals surface area (Å²) in [5, 5.41) is 13.6. The monoisotopic (exact) mass is 301 g/mol. The van der Waals surface area contributed by atoms with Gasteiger partial charge in [-0.25, -0.2) is 0 Å². The number of carbonyl (C=O) groups is 1. The van der Waals surface area contributed by atoms with Crippen LogP contribution in [-0.4, -0.2) is 17.4 Å². The molecule has 0 heterocycles. The van der Waals surface area contributed by atoms with Gasteiger partial charge >= 0.3 is 0 Å². The molecule has 0 radical (unpaired) electrons. The van der Waals surface area contributed by atoms with Crippen LogP contribution >= 0.6 is 12.4 Å². The second-order valence-electron chi connectivity index (χ2n) is 5.09. The number of nitrogens with two attached hydrogens (primary N) is 1. The number of carbonyl (C=O) groups excluding carboxylic acids is 1. The van der Waals surface area contributed by atoms with Gasteiger partial charge in [-0.3, -0.25) is 14.9 Å². The Kier molecular flexibility index (Phi) is 6.61. The van der Waals surface area contributed by atoms with Gasteiger partial charge in [0.05, 0.1) is 10.3 Å². The molecule has 0 spiro atoms. The van der Waals surface area contributed by atoms with E-state index in [4.69, 9.17) is 5.73 Å². The molecule has 0 atom stereocenters. The minimum atomic E-state index is -0.644. The summed E-state index contributed by atoms with van der Waals surface area (Å²) in [6, 6.07) is 4.82. The van der Waals surface area contributed by atoms with E-state index in [1.54, 1.807) is 32.9 Å². The number of nitro groups is 1. The van der Waals surface area contributed by atoms with Crippen LogP contribution in [0, 0.1) is 22.5 Å². The van der Waals surface area contributed by atoms with Gasteiger partial charge in [0.1, 0.15) is 0 Å². The Balaban J connectivity index is 0.00000361. The molecule has 0 aliphatic heterocycles. The third-order valence-electron chi connectivity index (χ3n) is 3.18. The summed E-state index contributed by atoms with van der Waals surface area (Å²) >= 11 is 0. The molecular weight excluding hydrogens is 282 g/mol. The number of nitrogens with one attached hydrogen (secondary N) is 1. The molecule has 1 aromatic rings. The van der Waals surface area contributed by atoms with Crippen molar-refractivity contribution in [3.05, 3.63) is 39.4 Å². The SMILES string of the molecule is Cc1c(CNC(=O)C(C)(C)CN)cccc1[N+](=O)[O-].Cl. The third kappa shape index (κ3) is 4.18. The number of benzene rings is 1. The highest BCUT2D eigenvalue weighted by Crippen LogP contribution is 2.21. The van der Waals surface area contributed by atoms with Crippen molar-refractivity contribution in [1.82, 2.24) is 5.32 Å². The number of halogens is 1. The lowest BCUT2D eigenvalue weighted by atomic mass is 9.92. The summed E-state index contributed by atoms with van der Waals surface area (Å²) in [7, 11) is 0. The fourth-order valence-electron chi connectivity index (χ4n) is 1.57. The Morgan fingerprint density at radius 1 is 1.45 bits per heavy atom. The topological polar surface area (TPSA) is 98.3 Å². The Morgan fingerprint density at radius 2 is 2.05 bits per heavy atom. The second-order valence-corrected chi connectivity index (χ2v) is 5.09. The average molecular weight is 302 g/mol. The van der Waals surface area contributed by atoms with Crippen LogP contribution in [0.4, 0.5) is 5.69 Å². The minimum absolute atomic E-state index is 0. The van der Waals surface area contributed by atoms with Crippen LogP contribution in [-0.2, 0) is 11.3 Å². The highest BCUT2D eigenvalue weighted by atomic mass is 35.5. The molecule has 1 rings (SSSR count). The number of nitro benzene ring substituents is 1. The summed E-state index contributed by atoms with van der Waals surface area (Å²) in [5.74, 6) is -0.166. The normalized spacial score (nSPS) is 10.6. The zero-order valence-corrected chi connectivity index (χ0v) is 12.6. The van der Waals surface area contributed by atoms with E-state index in [9.17, 15) is 14.9 Å². The number of rotatable bonds is 5. The van der Waals surface area contributed by atoms with Crippen LogP contribution in [0.1, 0.15) is 25.0 Å². The quantitative estimate of drug-likeness (QED) is 0.641. The zero-order valence-electron chi connectivity index (χ0n) is 11.8. The van der Waals surface area contributed by atoms with Crippen molar-refractivity contribution in [3.63, 3.8) is 0 Å². The summed E-state index contributed by atoms with van der Waals surface area (Å²) in [6.07, 6.45) is 0. The highest BCUT2D eigenvalue weighted by molar-refractivity contribution is 5.85. The first-order valence-corrected chi connectivity index (χ1v) is 6.01. The van der Waals surface area contributed by atoms with Gasteiger partial charge in [0.25, 0.3) is 5.69 Å². The van der Waals surface area contributed by atoms with E-state index in [1.165, 1.54) is 6.07 Å². The summed E-state index contributed by atoms with van der Waals surface area (Å²) in [5.41, 5.74) is 6.24. The molecule has 0 fully saturated rings. The van der Waals surface area contributed by atoms with Crippen molar-refractivity contribution in [2.75, 3.05) is 6.54 Å². The zero-order chi connectivity index (χ0) is 14.6. The second kappa shape index (κ2) is 7.21. The minimum Gasteiger partial charge on any atom is -0.352 e. The standard InChI is InChI=1S/C13H19N3O3.ClH/c1-9-10(5-4-6-11(9)16(18)19)7-15-12(17)13(2,3)8-14;/h4-6H,7-8,14H2,1-3H3,(H,15,17);1H. The fraction of sp³-hybridized carbons (Fsp3) is 0.462. The van der Waals surface area contributed by atoms with Gasteiger partial charge < -0.3 is 11.1 Å². The fourth-order valence-corrected chi connectivity index (χ4v) is 1.57. The van der Waals surface area contributed by atoms with Gasteiger partial charge in [-0.05, 0) is 26.3 Å². The van der Waals surface area contributed by atoms with Crippen molar-refractivity contribution in [3.8, 4) is 0 Å². The molecule has 1 aromatic carbocycles. The summed E-state index contributed by atoms with van der Waals surface area (Å²) < 4.78 is 0. The lowest BCUT2D eigenvalue weighted by Crippen LogP contribution is -2.41. The van der Waals surface area contributed by atoms with Crippen molar-refractivity contribution in [2.45, 2.75) is 27.3 Å². The highest BCUT2D eigenvalue weighted by Gasteiger charge is 2.25. The maximum atomic E-state index is 11.9. The molecule has 0 aliphatic rings. The van der Waals surface area contributed by atoms with Crippen molar-refractivity contribution in [1.29, 1.82) is 0 Å². The Hall–Kier alpha value is -1.66. The van der Waals surface area contributed by atoms with E-state index in [2.05, 4.69) is 5.32 Å². The Morgan fingerprint density at radius 3 is 2.55 bits per heavy atom. The summed E-state index contributed by atoms with van der Waals surface area (Å²) in [6.45, 7) is 5.68. The van der Waals surface area contributed by atoms with Crippen LogP contribution in [0.3, 0.4) is 0 Å². The number of amides is 1. The van der Waals surface area contributed by atoms with Gasteiger partial charge in [0, 0.05) is 24.7 Å². The molecule has 1 amide bonds. The number of hydrogen-bond donors (Lipinski definition) is 2. The van der Waals surface area contributed by atoms with E-state index in [1.807, 2.05) is 0 Å². The molecule has 7 heteroatoms. The van der Waals surface area contributed by atoms with Crippen LogP contribution < -0.4 is 11.1 Å². The molecule has 6 nitrogen and oxygen atoms in total. The van der Waals surface area contributed by atoms with Gasteiger partial charge in [-0.15, -0.1) is 12.4 Å². The maximum Gasteiger partial charge on any atom is 0.272 e. The third-order valence-corrected chi connectivity index (χ3v) is 3.18. The Bertz CT molecular complexity index is 504. The lowest BCUT2D eigenvalue weighted by molar-refractivity contribution is -0.385. The first kappa shape index (κ1) is 18.3. The van der Waals surface area contributed by atoms with Gasteiger partial charge in [0.15, 0.2) is 0 Å². The van der Waals surface area contributed by atoms with Crippen LogP contribution in [0.15, 0.2) is 18.2 Å². The first-order chi connectivity index (χ1) is 8.79. The van der Waals surface area contributed by atoms with Crippen LogP contribution in [0.25, 0.3) is 0 Å². The molecule has 20 heavy (non-hydrogen) atoms. The van der Waals surface area contributed by atoms with Crippen molar-refractivity contribution < 1.29 is 9.72 Å². The van der Waals surface area contributed by atoms with E-state index >= 15 is 0 Å². The van der Waals surface area contributed by atoms with Crippen LogP contribution in [0.5, 0.6) is 0 Å². The van der Waals surface area contributed by atoms with Crippen molar-refractivity contribution >= 4 is 24.0 Å². The predicted octanol–water partition coefficient (Wildman–Crippen LogP) is 1.93. The number of nitrogens with zero attached hydrogens (tertiary/aromatic N) is 1. The van der Waals surface area contributed by atoms with Gasteiger partial charge in [-0.1, -0.05) is 12.1 Å². The Labute approximate surface area is 124 Å². The smallest absolute Gasteiger partial charge is 0.272 e. The van der Waals surface area contributed by atoms with Gasteiger partial charge in [0.2, 0.25) is 5.91 Å². The molecule has 112 valence electrons. The van der Waals surface area contributed by atoms with E-state index < -0.39 is 10.3 Å². The molecule has 0 aromatic heterocycles. The van der Waals surface area contributed by atoms with E-state index in [-0.39, 0.29) is 37.1 Å². The molecule has 3 N–H and O–H groups in total. The van der Waals surface area contributed by atoms with E-state index in [0.29, 0.717) is 5.56 Å². The summed E-state index contributed by atoms with van der Waals surface area (Å²) in [4.78, 5) is 22.3. The van der Waals surface area contributed by atoms with E-state index in [0.717, 1.165) is 5.56 Å². The molecule has 0 aliphatic carbocycles. The molecule has 0 bridgehead atoms. The van der Waals surface area contributed by atoms with Crippen molar-refractivity contribution in [2.24, 2.45) is 11.1 Å². The molecule has 0 saturated carbocycles. The number of hydrogen-bond acceptors (Lipinski definition) is 4. The molecular formula is C13H20ClN3O3. The van der Waals surface area contributed by atoms with Crippen LogP contribution in [0.2, 0.25) is 0 Å². The molecule has 0 unspecified atom stereocenters. The predicted molar refractivity (Wildman–Crippen MR) is 79.8 cm³/mol. The van der Waals surface area contributed by atoms with Gasteiger partial charge in [-0.2, -0.15) is 0 Å².